The van der Waals surface area contributed by atoms with Crippen LogP contribution in [0.25, 0.3) is 0 Å². The molecule has 3 nitrogen and oxygen atoms in total. The Morgan fingerprint density at radius 1 is 1.45 bits per heavy atom. The van der Waals surface area contributed by atoms with Gasteiger partial charge in [0.05, 0.1) is 12.7 Å². The van der Waals surface area contributed by atoms with E-state index in [0.29, 0.717) is 13.2 Å². The van der Waals surface area contributed by atoms with Crippen LogP contribution in [0.2, 0.25) is 0 Å². The van der Waals surface area contributed by atoms with Crippen LogP contribution in [0, 0.1) is 0 Å². The predicted octanol–water partition coefficient (Wildman–Crippen LogP) is 1.36. The highest BCUT2D eigenvalue weighted by Crippen LogP contribution is 1.94. The van der Waals surface area contributed by atoms with Crippen molar-refractivity contribution in [1.29, 1.82) is 0 Å². The number of esters is 1. The zero-order chi connectivity index (χ0) is 8.69. The molecule has 0 heterocycles. The van der Waals surface area contributed by atoms with Crippen LogP contribution in [0.5, 0.6) is 0 Å². The van der Waals surface area contributed by atoms with Gasteiger partial charge in [0.2, 0.25) is 0 Å². The molecule has 11 heavy (non-hydrogen) atoms. The third-order valence-electron chi connectivity index (χ3n) is 1.37. The van der Waals surface area contributed by atoms with E-state index < -0.39 is 0 Å². The van der Waals surface area contributed by atoms with Crippen molar-refractivity contribution in [2.24, 2.45) is 0 Å². The van der Waals surface area contributed by atoms with Gasteiger partial charge in [-0.2, -0.15) is 0 Å². The second kappa shape index (κ2) is 6.16. The Kier molecular flexibility index (Phi) is 5.84. The lowest BCUT2D eigenvalue weighted by Gasteiger charge is -2.09. The van der Waals surface area contributed by atoms with Crippen molar-refractivity contribution < 1.29 is 14.3 Å². The summed E-state index contributed by atoms with van der Waals surface area (Å²) in [5.41, 5.74) is 0. The van der Waals surface area contributed by atoms with Gasteiger partial charge in [0, 0.05) is 6.92 Å². The number of hydrogen-bond acceptors (Lipinski definition) is 3. The minimum atomic E-state index is -0.252. The van der Waals surface area contributed by atoms with Gasteiger partial charge in [-0.3, -0.25) is 4.79 Å². The largest absolute Gasteiger partial charge is 0.463 e. The van der Waals surface area contributed by atoms with E-state index in [1.807, 2.05) is 6.92 Å². The van der Waals surface area contributed by atoms with Gasteiger partial charge in [0.25, 0.3) is 0 Å². The van der Waals surface area contributed by atoms with Gasteiger partial charge in [0.1, 0.15) is 6.61 Å². The highest BCUT2D eigenvalue weighted by Gasteiger charge is 1.97. The van der Waals surface area contributed by atoms with Crippen molar-refractivity contribution >= 4 is 5.97 Å². The van der Waals surface area contributed by atoms with Gasteiger partial charge in [0.15, 0.2) is 0 Å². The highest BCUT2D eigenvalue weighted by atomic mass is 16.6. The van der Waals surface area contributed by atoms with Gasteiger partial charge in [-0.05, 0) is 13.3 Å². The van der Waals surface area contributed by atoms with Crippen LogP contribution in [0.1, 0.15) is 27.2 Å². The third-order valence-corrected chi connectivity index (χ3v) is 1.37. The second-order valence-corrected chi connectivity index (χ2v) is 2.43. The quantitative estimate of drug-likeness (QED) is 0.450. The van der Waals surface area contributed by atoms with E-state index in [2.05, 4.69) is 11.7 Å². The van der Waals surface area contributed by atoms with Crippen LogP contribution in [0.15, 0.2) is 0 Å². The van der Waals surface area contributed by atoms with Crippen molar-refractivity contribution in [3.8, 4) is 0 Å². The van der Waals surface area contributed by atoms with Crippen LogP contribution in [-0.4, -0.2) is 25.3 Å². The lowest BCUT2D eigenvalue weighted by Crippen LogP contribution is -2.13. The Bertz CT molecular complexity index is 112. The average molecular weight is 160 g/mol. The molecule has 0 rings (SSSR count). The fraction of sp³-hybridized carbons (Fsp3) is 0.875. The highest BCUT2D eigenvalue weighted by molar-refractivity contribution is 5.65. The molecule has 0 radical (unpaired) electrons. The molecule has 0 bridgehead atoms. The lowest BCUT2D eigenvalue weighted by molar-refractivity contribution is -0.143. The molecule has 66 valence electrons. The summed E-state index contributed by atoms with van der Waals surface area (Å²) in [4.78, 5) is 10.3. The molecule has 0 spiro atoms. The molecule has 0 aromatic carbocycles. The summed E-state index contributed by atoms with van der Waals surface area (Å²) in [6, 6.07) is 0. The molecule has 1 atom stereocenters. The van der Waals surface area contributed by atoms with Crippen LogP contribution in [-0.2, 0) is 14.3 Å². The van der Waals surface area contributed by atoms with Crippen LogP contribution < -0.4 is 0 Å². The zero-order valence-corrected chi connectivity index (χ0v) is 7.42. The maximum absolute atomic E-state index is 10.3. The van der Waals surface area contributed by atoms with Gasteiger partial charge >= 0.3 is 5.97 Å². The molecule has 0 aliphatic carbocycles. The van der Waals surface area contributed by atoms with Gasteiger partial charge in [-0.15, -0.1) is 0 Å². The average Bonchev–Trinajstić information content (AvgIpc) is 1.97. The molecule has 0 aromatic heterocycles. The fourth-order valence-corrected chi connectivity index (χ4v) is 0.553. The van der Waals surface area contributed by atoms with E-state index in [1.165, 1.54) is 6.92 Å². The van der Waals surface area contributed by atoms with Gasteiger partial charge in [-0.1, -0.05) is 6.92 Å². The molecule has 0 fully saturated rings. The standard InChI is InChI=1S/C8H16O3/c1-4-7(2)10-5-6-11-8(3)9/h7H,4-6H2,1-3H3. The molecular formula is C8H16O3. The first-order valence-corrected chi connectivity index (χ1v) is 3.91. The van der Waals surface area contributed by atoms with Crippen molar-refractivity contribution in [1.82, 2.24) is 0 Å². The summed E-state index contributed by atoms with van der Waals surface area (Å²) in [6.07, 6.45) is 1.24. The summed E-state index contributed by atoms with van der Waals surface area (Å²) in [5.74, 6) is -0.252. The van der Waals surface area contributed by atoms with E-state index in [4.69, 9.17) is 4.74 Å². The SMILES string of the molecule is CCC(C)OCCOC(C)=O. The summed E-state index contributed by atoms with van der Waals surface area (Å²) < 4.78 is 9.94. The summed E-state index contributed by atoms with van der Waals surface area (Å²) in [6.45, 7) is 6.29. The summed E-state index contributed by atoms with van der Waals surface area (Å²) in [7, 11) is 0. The first kappa shape index (κ1) is 10.4. The molecule has 0 amide bonds. The van der Waals surface area contributed by atoms with Crippen LogP contribution >= 0.6 is 0 Å². The number of rotatable bonds is 5. The van der Waals surface area contributed by atoms with E-state index in [-0.39, 0.29) is 12.1 Å². The number of carbonyl (C=O) groups excluding carboxylic acids is 1. The zero-order valence-electron chi connectivity index (χ0n) is 7.42. The molecule has 0 aliphatic rings. The van der Waals surface area contributed by atoms with E-state index in [0.717, 1.165) is 6.42 Å². The summed E-state index contributed by atoms with van der Waals surface area (Å²) >= 11 is 0. The maximum Gasteiger partial charge on any atom is 0.302 e. The van der Waals surface area contributed by atoms with Crippen molar-refractivity contribution in [3.05, 3.63) is 0 Å². The summed E-state index contributed by atoms with van der Waals surface area (Å²) in [5, 5.41) is 0. The van der Waals surface area contributed by atoms with Crippen molar-refractivity contribution in [3.63, 3.8) is 0 Å². The van der Waals surface area contributed by atoms with E-state index >= 15 is 0 Å². The maximum atomic E-state index is 10.3. The molecule has 0 N–H and O–H groups in total. The Hall–Kier alpha value is -0.570. The van der Waals surface area contributed by atoms with E-state index in [1.54, 1.807) is 0 Å². The topological polar surface area (TPSA) is 35.5 Å². The Morgan fingerprint density at radius 3 is 2.55 bits per heavy atom. The molecule has 0 saturated carbocycles. The Balaban J connectivity index is 3.08. The first-order chi connectivity index (χ1) is 5.16. The molecule has 0 aliphatic heterocycles. The normalized spacial score (nSPS) is 12.6. The first-order valence-electron chi connectivity index (χ1n) is 3.91. The molecule has 3 heteroatoms. The second-order valence-electron chi connectivity index (χ2n) is 2.43. The lowest BCUT2D eigenvalue weighted by atomic mass is 10.3. The Morgan fingerprint density at radius 2 is 2.09 bits per heavy atom. The minimum absolute atomic E-state index is 0.252. The molecule has 0 saturated heterocycles. The van der Waals surface area contributed by atoms with Crippen molar-refractivity contribution in [2.45, 2.75) is 33.3 Å². The number of hydrogen-bond donors (Lipinski definition) is 0. The minimum Gasteiger partial charge on any atom is -0.463 e. The smallest absolute Gasteiger partial charge is 0.302 e. The third kappa shape index (κ3) is 7.33. The van der Waals surface area contributed by atoms with Crippen LogP contribution in [0.4, 0.5) is 0 Å². The van der Waals surface area contributed by atoms with Gasteiger partial charge < -0.3 is 9.47 Å². The van der Waals surface area contributed by atoms with E-state index in [9.17, 15) is 4.79 Å². The fourth-order valence-electron chi connectivity index (χ4n) is 0.553. The Labute approximate surface area is 67.7 Å². The predicted molar refractivity (Wildman–Crippen MR) is 42.3 cm³/mol. The van der Waals surface area contributed by atoms with Crippen molar-refractivity contribution in [2.75, 3.05) is 13.2 Å². The number of ether oxygens (including phenoxy) is 2. The molecule has 1 unspecified atom stereocenters. The monoisotopic (exact) mass is 160 g/mol. The molecular weight excluding hydrogens is 144 g/mol. The van der Waals surface area contributed by atoms with Crippen LogP contribution in [0.3, 0.4) is 0 Å². The number of carbonyl (C=O) groups is 1. The molecule has 0 aromatic rings. The van der Waals surface area contributed by atoms with Gasteiger partial charge in [-0.25, -0.2) is 0 Å².